The van der Waals surface area contributed by atoms with Gasteiger partial charge in [0, 0.05) is 36.0 Å². The van der Waals surface area contributed by atoms with E-state index < -0.39 is 0 Å². The molecule has 0 aliphatic carbocycles. The molecule has 0 fully saturated rings. The average Bonchev–Trinajstić information content (AvgIpc) is 2.90. The van der Waals surface area contributed by atoms with Crippen molar-refractivity contribution < 1.29 is 4.79 Å². The van der Waals surface area contributed by atoms with Crippen LogP contribution in [0.5, 0.6) is 0 Å². The van der Waals surface area contributed by atoms with Gasteiger partial charge in [-0.15, -0.1) is 11.3 Å². The molecule has 2 rings (SSSR count). The Hall–Kier alpha value is -1.82. The molecule has 0 unspecified atom stereocenters. The molecule has 3 N–H and O–H groups in total. The number of amides is 1. The first-order chi connectivity index (χ1) is 8.16. The van der Waals surface area contributed by atoms with E-state index in [0.717, 1.165) is 4.88 Å². The first-order valence-electron chi connectivity index (χ1n) is 5.26. The molecule has 1 amide bonds. The van der Waals surface area contributed by atoms with Gasteiger partial charge in [-0.2, -0.15) is 0 Å². The maximum Gasteiger partial charge on any atom is 0.261 e. The van der Waals surface area contributed by atoms with Gasteiger partial charge in [0.05, 0.1) is 11.2 Å². The van der Waals surface area contributed by atoms with Gasteiger partial charge in [-0.25, -0.2) is 4.98 Å². The van der Waals surface area contributed by atoms with Crippen molar-refractivity contribution in [2.45, 2.75) is 13.5 Å². The lowest BCUT2D eigenvalue weighted by atomic mass is 10.3. The van der Waals surface area contributed by atoms with Crippen LogP contribution in [0.15, 0.2) is 24.8 Å². The highest BCUT2D eigenvalue weighted by Gasteiger charge is 2.09. The molecular weight excluding hydrogens is 236 g/mol. The third-order valence-electron chi connectivity index (χ3n) is 2.39. The molecule has 0 saturated carbocycles. The summed E-state index contributed by atoms with van der Waals surface area (Å²) >= 11 is 1.41. The molecule has 2 aromatic rings. The van der Waals surface area contributed by atoms with Crippen LogP contribution in [-0.4, -0.2) is 22.0 Å². The van der Waals surface area contributed by atoms with Crippen LogP contribution >= 0.6 is 11.3 Å². The fourth-order valence-electron chi connectivity index (χ4n) is 1.41. The van der Waals surface area contributed by atoms with Gasteiger partial charge in [0.15, 0.2) is 0 Å². The fourth-order valence-corrected chi connectivity index (χ4v) is 2.27. The van der Waals surface area contributed by atoms with Crippen LogP contribution in [0.1, 0.15) is 14.5 Å². The Labute approximate surface area is 103 Å². The third-order valence-corrected chi connectivity index (χ3v) is 3.46. The Morgan fingerprint density at radius 3 is 3.06 bits per heavy atom. The van der Waals surface area contributed by atoms with E-state index in [1.807, 2.05) is 17.7 Å². The first kappa shape index (κ1) is 11.7. The van der Waals surface area contributed by atoms with Crippen LogP contribution in [0.3, 0.4) is 0 Å². The van der Waals surface area contributed by atoms with E-state index in [0.29, 0.717) is 23.7 Å². The van der Waals surface area contributed by atoms with Crippen molar-refractivity contribution in [1.82, 2.24) is 14.9 Å². The Balaban J connectivity index is 1.85. The third kappa shape index (κ3) is 2.85. The minimum atomic E-state index is -0.0742. The number of aryl methyl sites for hydroxylation is 1. The minimum Gasteiger partial charge on any atom is -0.398 e. The molecule has 0 aromatic carbocycles. The molecule has 0 atom stereocenters. The van der Waals surface area contributed by atoms with Gasteiger partial charge in [-0.05, 0) is 13.0 Å². The van der Waals surface area contributed by atoms with E-state index in [2.05, 4.69) is 10.3 Å². The number of carbonyl (C=O) groups is 1. The van der Waals surface area contributed by atoms with E-state index in [1.165, 1.54) is 11.3 Å². The van der Waals surface area contributed by atoms with Gasteiger partial charge < -0.3 is 15.6 Å². The lowest BCUT2D eigenvalue weighted by molar-refractivity contribution is 0.0956. The van der Waals surface area contributed by atoms with Crippen LogP contribution in [-0.2, 0) is 6.54 Å². The minimum absolute atomic E-state index is 0.0742. The number of imidazole rings is 1. The zero-order valence-electron chi connectivity index (χ0n) is 9.51. The molecule has 0 aliphatic rings. The van der Waals surface area contributed by atoms with Gasteiger partial charge in [0.2, 0.25) is 0 Å². The number of carbonyl (C=O) groups excluding carboxylic acids is 1. The van der Waals surface area contributed by atoms with Crippen LogP contribution in [0, 0.1) is 6.92 Å². The monoisotopic (exact) mass is 250 g/mol. The van der Waals surface area contributed by atoms with Crippen molar-refractivity contribution >= 4 is 22.9 Å². The summed E-state index contributed by atoms with van der Waals surface area (Å²) in [5, 5.41) is 2.85. The van der Waals surface area contributed by atoms with Crippen molar-refractivity contribution in [2.24, 2.45) is 0 Å². The lowest BCUT2D eigenvalue weighted by Gasteiger charge is -2.03. The zero-order valence-corrected chi connectivity index (χ0v) is 10.3. The van der Waals surface area contributed by atoms with E-state index >= 15 is 0 Å². The molecule has 6 heteroatoms. The van der Waals surface area contributed by atoms with E-state index in [1.54, 1.807) is 18.6 Å². The highest BCUT2D eigenvalue weighted by atomic mass is 32.1. The maximum absolute atomic E-state index is 11.8. The van der Waals surface area contributed by atoms with Crippen molar-refractivity contribution in [1.29, 1.82) is 0 Å². The van der Waals surface area contributed by atoms with Crippen LogP contribution in [0.2, 0.25) is 0 Å². The Morgan fingerprint density at radius 1 is 1.65 bits per heavy atom. The number of hydrogen-bond donors (Lipinski definition) is 2. The fraction of sp³-hybridized carbons (Fsp3) is 0.273. The highest BCUT2D eigenvalue weighted by molar-refractivity contribution is 7.14. The van der Waals surface area contributed by atoms with E-state index in [-0.39, 0.29) is 5.91 Å². The summed E-state index contributed by atoms with van der Waals surface area (Å²) in [4.78, 5) is 17.3. The predicted molar refractivity (Wildman–Crippen MR) is 68.0 cm³/mol. The van der Waals surface area contributed by atoms with E-state index in [9.17, 15) is 4.79 Å². The SMILES string of the molecule is Cc1sc(C(=O)NCCn2ccnc2)cc1N. The standard InChI is InChI=1S/C11H14N4OS/c1-8-9(12)6-10(17-8)11(16)14-3-5-15-4-2-13-7-15/h2,4,6-7H,3,5,12H2,1H3,(H,14,16). The maximum atomic E-state index is 11.8. The van der Waals surface area contributed by atoms with Crippen molar-refractivity contribution in [3.63, 3.8) is 0 Å². The normalized spacial score (nSPS) is 10.4. The topological polar surface area (TPSA) is 72.9 Å². The summed E-state index contributed by atoms with van der Waals surface area (Å²) in [6.07, 6.45) is 5.30. The summed E-state index contributed by atoms with van der Waals surface area (Å²) in [6, 6.07) is 1.71. The number of nitrogens with two attached hydrogens (primary N) is 1. The Bertz CT molecular complexity index is 484. The number of nitrogens with zero attached hydrogens (tertiary/aromatic N) is 2. The number of anilines is 1. The van der Waals surface area contributed by atoms with Crippen molar-refractivity contribution in [2.75, 3.05) is 12.3 Å². The van der Waals surface area contributed by atoms with Crippen LogP contribution < -0.4 is 11.1 Å². The number of aromatic nitrogens is 2. The summed E-state index contributed by atoms with van der Waals surface area (Å²) in [5.41, 5.74) is 6.38. The molecule has 90 valence electrons. The summed E-state index contributed by atoms with van der Waals surface area (Å²) in [6.45, 7) is 3.19. The summed E-state index contributed by atoms with van der Waals surface area (Å²) in [5.74, 6) is -0.0742. The smallest absolute Gasteiger partial charge is 0.261 e. The lowest BCUT2D eigenvalue weighted by Crippen LogP contribution is -2.26. The molecule has 0 aliphatic heterocycles. The van der Waals surface area contributed by atoms with Gasteiger partial charge in [0.25, 0.3) is 5.91 Å². The molecule has 2 aromatic heterocycles. The van der Waals surface area contributed by atoms with Crippen LogP contribution in [0.4, 0.5) is 5.69 Å². The second-order valence-corrected chi connectivity index (χ2v) is 4.93. The Kier molecular flexibility index (Phi) is 3.43. The molecule has 2 heterocycles. The van der Waals surface area contributed by atoms with Gasteiger partial charge in [-0.3, -0.25) is 4.79 Å². The number of hydrogen-bond acceptors (Lipinski definition) is 4. The largest absolute Gasteiger partial charge is 0.398 e. The summed E-state index contributed by atoms with van der Waals surface area (Å²) < 4.78 is 1.91. The molecule has 0 bridgehead atoms. The highest BCUT2D eigenvalue weighted by Crippen LogP contribution is 2.22. The zero-order chi connectivity index (χ0) is 12.3. The van der Waals surface area contributed by atoms with Crippen molar-refractivity contribution in [3.8, 4) is 0 Å². The average molecular weight is 250 g/mol. The molecular formula is C11H14N4OS. The number of nitrogens with one attached hydrogen (secondary N) is 1. The molecule has 17 heavy (non-hydrogen) atoms. The molecule has 0 spiro atoms. The van der Waals surface area contributed by atoms with Gasteiger partial charge in [0.1, 0.15) is 0 Å². The predicted octanol–water partition coefficient (Wildman–Crippen LogP) is 1.27. The Morgan fingerprint density at radius 2 is 2.47 bits per heavy atom. The number of nitrogen functional groups attached to an aromatic ring is 1. The molecule has 0 radical (unpaired) electrons. The van der Waals surface area contributed by atoms with Gasteiger partial charge >= 0.3 is 0 Å². The van der Waals surface area contributed by atoms with E-state index in [4.69, 9.17) is 5.73 Å². The van der Waals surface area contributed by atoms with Crippen LogP contribution in [0.25, 0.3) is 0 Å². The summed E-state index contributed by atoms with van der Waals surface area (Å²) in [7, 11) is 0. The van der Waals surface area contributed by atoms with Crippen molar-refractivity contribution in [3.05, 3.63) is 34.5 Å². The molecule has 0 saturated heterocycles. The second kappa shape index (κ2) is 5.01. The quantitative estimate of drug-likeness (QED) is 0.858. The number of rotatable bonds is 4. The first-order valence-corrected chi connectivity index (χ1v) is 6.08. The van der Waals surface area contributed by atoms with Gasteiger partial charge in [-0.1, -0.05) is 0 Å². The number of thiophene rings is 1. The molecule has 5 nitrogen and oxygen atoms in total. The second-order valence-electron chi connectivity index (χ2n) is 3.68.